The van der Waals surface area contributed by atoms with Crippen molar-refractivity contribution in [1.82, 2.24) is 0 Å². The van der Waals surface area contributed by atoms with Crippen molar-refractivity contribution in [2.45, 2.75) is 19.8 Å². The molecule has 0 aliphatic heterocycles. The summed E-state index contributed by atoms with van der Waals surface area (Å²) >= 11 is 0. The van der Waals surface area contributed by atoms with Gasteiger partial charge >= 0.3 is 0 Å². The van der Waals surface area contributed by atoms with E-state index in [0.717, 1.165) is 0 Å². The highest BCUT2D eigenvalue weighted by Crippen LogP contribution is 2.38. The number of aryl methyl sites for hydroxylation is 3. The van der Waals surface area contributed by atoms with E-state index in [9.17, 15) is 0 Å². The maximum absolute atomic E-state index is 2.40. The van der Waals surface area contributed by atoms with Crippen LogP contribution in [0.4, 0.5) is 0 Å². The lowest BCUT2D eigenvalue weighted by Crippen LogP contribution is -2.09. The smallest absolute Gasteiger partial charge is 0.0102 e. The summed E-state index contributed by atoms with van der Waals surface area (Å²) in [5, 5.41) is 2.84. The van der Waals surface area contributed by atoms with Gasteiger partial charge in [-0.3, -0.25) is 0 Å². The van der Waals surface area contributed by atoms with Gasteiger partial charge < -0.3 is 0 Å². The Morgan fingerprint density at radius 1 is 0.789 bits per heavy atom. The number of fused-ring (bicyclic) bond motifs is 3. The standard InChI is InChI=1S/C19H16/c1-13-5-4-6-14(11-13)19-12-15-9-10-16(15)17-7-2-3-8-18(17)19/h2-8,11-12H,9-10H2,1H3. The third kappa shape index (κ3) is 1.60. The van der Waals surface area contributed by atoms with Gasteiger partial charge in [-0.05, 0) is 52.8 Å². The summed E-state index contributed by atoms with van der Waals surface area (Å²) in [7, 11) is 0. The second kappa shape index (κ2) is 3.96. The van der Waals surface area contributed by atoms with E-state index in [-0.39, 0.29) is 0 Å². The molecule has 92 valence electrons. The van der Waals surface area contributed by atoms with Crippen molar-refractivity contribution < 1.29 is 0 Å². The zero-order chi connectivity index (χ0) is 12.8. The molecule has 0 aromatic heterocycles. The Hall–Kier alpha value is -2.08. The highest BCUT2D eigenvalue weighted by atomic mass is 14.2. The predicted molar refractivity (Wildman–Crippen MR) is 81.5 cm³/mol. The molecule has 4 rings (SSSR count). The van der Waals surface area contributed by atoms with E-state index in [4.69, 9.17) is 0 Å². The molecule has 1 aliphatic rings. The molecule has 0 spiro atoms. The van der Waals surface area contributed by atoms with Crippen LogP contribution in [0, 0.1) is 6.92 Å². The molecular formula is C19H16. The molecule has 0 bridgehead atoms. The lowest BCUT2D eigenvalue weighted by atomic mass is 9.81. The summed E-state index contributed by atoms with van der Waals surface area (Å²) < 4.78 is 0. The number of hydrogen-bond acceptors (Lipinski definition) is 0. The number of hydrogen-bond donors (Lipinski definition) is 0. The number of rotatable bonds is 1. The third-order valence-electron chi connectivity index (χ3n) is 4.22. The lowest BCUT2D eigenvalue weighted by Gasteiger charge is -2.23. The predicted octanol–water partition coefficient (Wildman–Crippen LogP) is 4.91. The fraction of sp³-hybridized carbons (Fsp3) is 0.158. The number of benzene rings is 3. The summed E-state index contributed by atoms with van der Waals surface area (Å²) in [5.74, 6) is 0. The fourth-order valence-electron chi connectivity index (χ4n) is 3.15. The van der Waals surface area contributed by atoms with Crippen molar-refractivity contribution in [1.29, 1.82) is 0 Å². The van der Waals surface area contributed by atoms with Gasteiger partial charge in [0.15, 0.2) is 0 Å². The molecule has 0 amide bonds. The maximum atomic E-state index is 2.40. The highest BCUT2D eigenvalue weighted by Gasteiger charge is 2.18. The fourth-order valence-corrected chi connectivity index (χ4v) is 3.15. The van der Waals surface area contributed by atoms with Gasteiger partial charge in [0.1, 0.15) is 0 Å². The second-order valence-electron chi connectivity index (χ2n) is 5.48. The first-order chi connectivity index (χ1) is 9.33. The van der Waals surface area contributed by atoms with Crippen molar-refractivity contribution in [2.24, 2.45) is 0 Å². The molecule has 0 heterocycles. The summed E-state index contributed by atoms with van der Waals surface area (Å²) in [6, 6.07) is 20.0. The average molecular weight is 244 g/mol. The van der Waals surface area contributed by atoms with Crippen LogP contribution < -0.4 is 0 Å². The van der Waals surface area contributed by atoms with Crippen molar-refractivity contribution in [3.05, 3.63) is 71.3 Å². The average Bonchev–Trinajstić information content (AvgIpc) is 2.39. The highest BCUT2D eigenvalue weighted by molar-refractivity contribution is 6.00. The summed E-state index contributed by atoms with van der Waals surface area (Å²) in [4.78, 5) is 0. The van der Waals surface area contributed by atoms with Gasteiger partial charge in [-0.25, -0.2) is 0 Å². The summed E-state index contributed by atoms with van der Waals surface area (Å²) in [6.07, 6.45) is 2.48. The van der Waals surface area contributed by atoms with Crippen LogP contribution in [0.5, 0.6) is 0 Å². The van der Waals surface area contributed by atoms with E-state index in [1.807, 2.05) is 0 Å². The van der Waals surface area contributed by atoms with E-state index < -0.39 is 0 Å². The van der Waals surface area contributed by atoms with Crippen LogP contribution in [-0.4, -0.2) is 0 Å². The first-order valence-electron chi connectivity index (χ1n) is 6.93. The molecule has 0 saturated heterocycles. The molecule has 0 heteroatoms. The van der Waals surface area contributed by atoms with Crippen LogP contribution in [0.25, 0.3) is 21.9 Å². The molecule has 1 aliphatic carbocycles. The Morgan fingerprint density at radius 2 is 1.63 bits per heavy atom. The van der Waals surface area contributed by atoms with E-state index in [1.54, 1.807) is 5.56 Å². The van der Waals surface area contributed by atoms with Gasteiger partial charge in [0, 0.05) is 0 Å². The van der Waals surface area contributed by atoms with Crippen molar-refractivity contribution in [3.8, 4) is 11.1 Å². The van der Waals surface area contributed by atoms with Crippen molar-refractivity contribution >= 4 is 10.8 Å². The van der Waals surface area contributed by atoms with Gasteiger partial charge in [-0.15, -0.1) is 0 Å². The van der Waals surface area contributed by atoms with E-state index in [0.29, 0.717) is 0 Å². The Balaban J connectivity index is 2.07. The normalized spacial score (nSPS) is 13.1. The minimum Gasteiger partial charge on any atom is -0.0616 e. The Kier molecular flexibility index (Phi) is 2.25. The monoisotopic (exact) mass is 244 g/mol. The topological polar surface area (TPSA) is 0 Å². The van der Waals surface area contributed by atoms with Gasteiger partial charge in [0.05, 0.1) is 0 Å². The van der Waals surface area contributed by atoms with Gasteiger partial charge in [-0.2, -0.15) is 0 Å². The van der Waals surface area contributed by atoms with Crippen LogP contribution >= 0.6 is 0 Å². The van der Waals surface area contributed by atoms with Crippen LogP contribution in [-0.2, 0) is 12.8 Å². The largest absolute Gasteiger partial charge is 0.0616 e. The minimum atomic E-state index is 1.24. The third-order valence-corrected chi connectivity index (χ3v) is 4.22. The van der Waals surface area contributed by atoms with E-state index in [1.165, 1.54) is 45.9 Å². The molecule has 3 aromatic rings. The zero-order valence-electron chi connectivity index (χ0n) is 11.1. The van der Waals surface area contributed by atoms with Crippen molar-refractivity contribution in [2.75, 3.05) is 0 Å². The molecule has 0 radical (unpaired) electrons. The SMILES string of the molecule is Cc1cccc(-c2cc3c(c4ccccc24)CC3)c1. The molecule has 0 unspecified atom stereocenters. The van der Waals surface area contributed by atoms with Crippen LogP contribution in [0.1, 0.15) is 16.7 Å². The van der Waals surface area contributed by atoms with E-state index >= 15 is 0 Å². The first kappa shape index (κ1) is 10.8. The molecule has 0 atom stereocenters. The first-order valence-corrected chi connectivity index (χ1v) is 6.93. The summed E-state index contributed by atoms with van der Waals surface area (Å²) in [5.41, 5.74) is 7.15. The summed E-state index contributed by atoms with van der Waals surface area (Å²) in [6.45, 7) is 2.16. The molecule has 0 saturated carbocycles. The maximum Gasteiger partial charge on any atom is -0.0102 e. The Morgan fingerprint density at radius 3 is 2.37 bits per heavy atom. The lowest BCUT2D eigenvalue weighted by molar-refractivity contribution is 0.852. The van der Waals surface area contributed by atoms with Crippen LogP contribution in [0.3, 0.4) is 0 Å². The molecule has 19 heavy (non-hydrogen) atoms. The van der Waals surface area contributed by atoms with E-state index in [2.05, 4.69) is 61.5 Å². The Bertz CT molecular complexity index is 781. The zero-order valence-corrected chi connectivity index (χ0v) is 11.1. The van der Waals surface area contributed by atoms with Crippen molar-refractivity contribution in [3.63, 3.8) is 0 Å². The molecule has 3 aromatic carbocycles. The quantitative estimate of drug-likeness (QED) is 0.570. The minimum absolute atomic E-state index is 1.24. The van der Waals surface area contributed by atoms with Crippen LogP contribution in [0.15, 0.2) is 54.6 Å². The molecule has 0 fully saturated rings. The molecule has 0 nitrogen and oxygen atoms in total. The van der Waals surface area contributed by atoms with Gasteiger partial charge in [0.25, 0.3) is 0 Å². The second-order valence-corrected chi connectivity index (χ2v) is 5.48. The van der Waals surface area contributed by atoms with Gasteiger partial charge in [0.2, 0.25) is 0 Å². The molecular weight excluding hydrogens is 228 g/mol. The molecule has 0 N–H and O–H groups in total. The van der Waals surface area contributed by atoms with Crippen LogP contribution in [0.2, 0.25) is 0 Å². The Labute approximate surface area is 113 Å². The van der Waals surface area contributed by atoms with Gasteiger partial charge in [-0.1, -0.05) is 60.2 Å².